The summed E-state index contributed by atoms with van der Waals surface area (Å²) in [5, 5.41) is 9.64. The van der Waals surface area contributed by atoms with Crippen molar-refractivity contribution in [1.29, 1.82) is 0 Å². The number of nitrogens with one attached hydrogen (secondary N) is 3. The lowest BCUT2D eigenvalue weighted by molar-refractivity contribution is -0.136. The number of amides is 2. The fraction of sp³-hybridized carbons (Fsp3) is 0.778. The van der Waals surface area contributed by atoms with Crippen LogP contribution in [0.4, 0.5) is 0 Å². The minimum Gasteiger partial charge on any atom is -0.349 e. The van der Waals surface area contributed by atoms with E-state index in [0.717, 1.165) is 13.0 Å². The van der Waals surface area contributed by atoms with E-state index in [0.29, 0.717) is 24.3 Å². The van der Waals surface area contributed by atoms with Crippen molar-refractivity contribution in [2.24, 2.45) is 17.8 Å². The van der Waals surface area contributed by atoms with Crippen LogP contribution < -0.4 is 16.0 Å². The van der Waals surface area contributed by atoms with Gasteiger partial charge in [-0.2, -0.15) is 0 Å². The van der Waals surface area contributed by atoms with Crippen LogP contribution >= 0.6 is 0 Å². The maximum Gasteiger partial charge on any atom is 0.246 e. The summed E-state index contributed by atoms with van der Waals surface area (Å²) in [4.78, 5) is 25.1. The molecule has 2 aliphatic rings. The van der Waals surface area contributed by atoms with Gasteiger partial charge in [0.25, 0.3) is 0 Å². The van der Waals surface area contributed by atoms with E-state index in [9.17, 15) is 9.59 Å². The summed E-state index contributed by atoms with van der Waals surface area (Å²) in [6.45, 7) is 14.4. The lowest BCUT2D eigenvalue weighted by atomic mass is 9.77. The van der Waals surface area contributed by atoms with E-state index in [1.165, 1.54) is 6.92 Å². The largest absolute Gasteiger partial charge is 0.349 e. The number of hydrogen-bond donors (Lipinski definition) is 3. The van der Waals surface area contributed by atoms with Crippen LogP contribution in [0, 0.1) is 17.8 Å². The van der Waals surface area contributed by atoms with Gasteiger partial charge in [0.05, 0.1) is 0 Å². The molecule has 3 N–H and O–H groups in total. The van der Waals surface area contributed by atoms with Crippen LogP contribution in [0.2, 0.25) is 0 Å². The lowest BCUT2D eigenvalue weighted by Gasteiger charge is -2.39. The smallest absolute Gasteiger partial charge is 0.246 e. The van der Waals surface area contributed by atoms with Crippen molar-refractivity contribution in [3.63, 3.8) is 0 Å². The summed E-state index contributed by atoms with van der Waals surface area (Å²) >= 11 is 0. The number of carbonyl (C=O) groups excluding carboxylic acids is 2. The van der Waals surface area contributed by atoms with Crippen molar-refractivity contribution in [3.8, 4) is 0 Å². The van der Waals surface area contributed by atoms with E-state index in [1.807, 2.05) is 26.8 Å². The van der Waals surface area contributed by atoms with Crippen molar-refractivity contribution in [1.82, 2.24) is 16.0 Å². The number of rotatable bonds is 4. The SMILES string of the molecule is C=CC[C@H]1C2[C@H](CN[C@H]2C)CC1(NC(C)=O)C(=O)NC(C)(C)C. The molecule has 0 bridgehead atoms. The molecule has 0 aromatic rings. The predicted molar refractivity (Wildman–Crippen MR) is 91.8 cm³/mol. The van der Waals surface area contributed by atoms with Gasteiger partial charge in [0.2, 0.25) is 11.8 Å². The third kappa shape index (κ3) is 3.44. The average molecular weight is 321 g/mol. The first-order chi connectivity index (χ1) is 10.6. The van der Waals surface area contributed by atoms with Crippen LogP contribution in [0.5, 0.6) is 0 Å². The first-order valence-electron chi connectivity index (χ1n) is 8.56. The zero-order valence-corrected chi connectivity index (χ0v) is 15.0. The fourth-order valence-corrected chi connectivity index (χ4v) is 4.56. The Hall–Kier alpha value is -1.36. The summed E-state index contributed by atoms with van der Waals surface area (Å²) in [6.07, 6.45) is 3.29. The lowest BCUT2D eigenvalue weighted by Crippen LogP contribution is -2.64. The first-order valence-corrected chi connectivity index (χ1v) is 8.56. The van der Waals surface area contributed by atoms with Gasteiger partial charge < -0.3 is 16.0 Å². The van der Waals surface area contributed by atoms with Crippen molar-refractivity contribution >= 4 is 11.8 Å². The second kappa shape index (κ2) is 6.27. The summed E-state index contributed by atoms with van der Waals surface area (Å²) in [6, 6.07) is 0.350. The molecule has 2 amide bonds. The third-order valence-electron chi connectivity index (χ3n) is 5.22. The predicted octanol–water partition coefficient (Wildman–Crippen LogP) is 1.60. The van der Waals surface area contributed by atoms with Gasteiger partial charge >= 0.3 is 0 Å². The molecule has 2 fully saturated rings. The van der Waals surface area contributed by atoms with Crippen molar-refractivity contribution in [2.45, 2.75) is 64.6 Å². The van der Waals surface area contributed by atoms with E-state index in [-0.39, 0.29) is 23.3 Å². The Balaban J connectivity index is 2.41. The van der Waals surface area contributed by atoms with Crippen LogP contribution in [0.3, 0.4) is 0 Å². The van der Waals surface area contributed by atoms with Gasteiger partial charge in [-0.3, -0.25) is 9.59 Å². The van der Waals surface area contributed by atoms with Gasteiger partial charge in [-0.05, 0) is 64.8 Å². The number of fused-ring (bicyclic) bond motifs is 1. The topological polar surface area (TPSA) is 70.2 Å². The molecule has 5 heteroatoms. The maximum atomic E-state index is 13.2. The van der Waals surface area contributed by atoms with Crippen molar-refractivity contribution < 1.29 is 9.59 Å². The van der Waals surface area contributed by atoms with Crippen molar-refractivity contribution in [2.75, 3.05) is 6.54 Å². The number of hydrogen-bond acceptors (Lipinski definition) is 3. The molecular weight excluding hydrogens is 290 g/mol. The van der Waals surface area contributed by atoms with E-state index in [2.05, 4.69) is 29.5 Å². The molecule has 23 heavy (non-hydrogen) atoms. The highest BCUT2D eigenvalue weighted by molar-refractivity contribution is 5.92. The van der Waals surface area contributed by atoms with Crippen molar-refractivity contribution in [3.05, 3.63) is 12.7 Å². The highest BCUT2D eigenvalue weighted by atomic mass is 16.2. The third-order valence-corrected chi connectivity index (χ3v) is 5.22. The van der Waals surface area contributed by atoms with Gasteiger partial charge in [0, 0.05) is 18.5 Å². The molecule has 0 radical (unpaired) electrons. The second-order valence-electron chi connectivity index (χ2n) is 8.23. The van der Waals surface area contributed by atoms with E-state index >= 15 is 0 Å². The molecule has 0 aromatic carbocycles. The minimum absolute atomic E-state index is 0.0614. The van der Waals surface area contributed by atoms with Crippen LogP contribution in [0.1, 0.15) is 47.5 Å². The molecule has 5 nitrogen and oxygen atoms in total. The Morgan fingerprint density at radius 1 is 1.39 bits per heavy atom. The van der Waals surface area contributed by atoms with Gasteiger partial charge in [0.1, 0.15) is 5.54 Å². The summed E-state index contributed by atoms with van der Waals surface area (Å²) in [5.41, 5.74) is -1.16. The molecule has 0 aromatic heterocycles. The Kier molecular flexibility index (Phi) is 4.90. The summed E-state index contributed by atoms with van der Waals surface area (Å²) < 4.78 is 0. The maximum absolute atomic E-state index is 13.2. The molecule has 2 unspecified atom stereocenters. The quantitative estimate of drug-likeness (QED) is 0.689. The van der Waals surface area contributed by atoms with E-state index < -0.39 is 5.54 Å². The van der Waals surface area contributed by atoms with E-state index in [4.69, 9.17) is 0 Å². The molecule has 1 aliphatic heterocycles. The molecule has 1 heterocycles. The highest BCUT2D eigenvalue weighted by Crippen LogP contribution is 2.50. The summed E-state index contributed by atoms with van der Waals surface area (Å²) in [5.74, 6) is 0.650. The Bertz CT molecular complexity index is 497. The van der Waals surface area contributed by atoms with Crippen LogP contribution in [-0.4, -0.2) is 35.5 Å². The Morgan fingerprint density at radius 3 is 2.57 bits per heavy atom. The first kappa shape index (κ1) is 18.0. The Morgan fingerprint density at radius 2 is 2.04 bits per heavy atom. The number of allylic oxidation sites excluding steroid dienone is 1. The average Bonchev–Trinajstić information content (AvgIpc) is 2.87. The Labute approximate surface area is 139 Å². The zero-order chi connectivity index (χ0) is 17.4. The zero-order valence-electron chi connectivity index (χ0n) is 15.0. The van der Waals surface area contributed by atoms with Gasteiger partial charge in [0.15, 0.2) is 0 Å². The highest BCUT2D eigenvalue weighted by Gasteiger charge is 2.60. The minimum atomic E-state index is -0.834. The van der Waals surface area contributed by atoms with Crippen LogP contribution in [0.15, 0.2) is 12.7 Å². The monoisotopic (exact) mass is 321 g/mol. The summed E-state index contributed by atoms with van der Waals surface area (Å²) in [7, 11) is 0. The molecule has 1 saturated carbocycles. The standard InChI is InChI=1S/C18H31N3O2/c1-7-8-14-15-11(2)19-10-13(15)9-18(14,20-12(3)22)16(23)21-17(4,5)6/h7,11,13-15,19H,1,8-10H2,2-6H3,(H,20,22)(H,21,23)/t11-,13-,14-,15?,18?/m0/s1. The molecular formula is C18H31N3O2. The molecule has 0 spiro atoms. The number of carbonyl (C=O) groups is 2. The molecule has 1 aliphatic carbocycles. The fourth-order valence-electron chi connectivity index (χ4n) is 4.56. The molecule has 130 valence electrons. The van der Waals surface area contributed by atoms with Crippen LogP contribution in [0.25, 0.3) is 0 Å². The molecule has 1 saturated heterocycles. The van der Waals surface area contributed by atoms with Gasteiger partial charge in [-0.1, -0.05) is 6.08 Å². The molecule has 2 rings (SSSR count). The second-order valence-corrected chi connectivity index (χ2v) is 8.23. The normalized spacial score (nSPS) is 36.4. The molecule has 5 atom stereocenters. The van der Waals surface area contributed by atoms with E-state index in [1.54, 1.807) is 0 Å². The van der Waals surface area contributed by atoms with Gasteiger partial charge in [-0.15, -0.1) is 6.58 Å². The van der Waals surface area contributed by atoms with Crippen LogP contribution in [-0.2, 0) is 9.59 Å². The van der Waals surface area contributed by atoms with Gasteiger partial charge in [-0.25, -0.2) is 0 Å².